The SMILES string of the molecule is Cc1cc(Br)ccc1-n1c(CCl)nc2cc(F)c(Cl)cc21. The van der Waals surface area contributed by atoms with E-state index in [4.69, 9.17) is 23.2 Å². The van der Waals surface area contributed by atoms with Gasteiger partial charge in [-0.05, 0) is 36.8 Å². The molecule has 0 radical (unpaired) electrons. The van der Waals surface area contributed by atoms with Crippen molar-refractivity contribution in [3.63, 3.8) is 0 Å². The van der Waals surface area contributed by atoms with Gasteiger partial charge in [-0.2, -0.15) is 0 Å². The zero-order valence-electron chi connectivity index (χ0n) is 11.0. The summed E-state index contributed by atoms with van der Waals surface area (Å²) in [7, 11) is 0. The molecule has 2 aromatic carbocycles. The second-order valence-electron chi connectivity index (χ2n) is 4.68. The predicted octanol–water partition coefficient (Wildman–Crippen LogP) is 5.63. The lowest BCUT2D eigenvalue weighted by atomic mass is 10.2. The van der Waals surface area contributed by atoms with Crippen molar-refractivity contribution < 1.29 is 4.39 Å². The van der Waals surface area contributed by atoms with E-state index in [9.17, 15) is 4.39 Å². The van der Waals surface area contributed by atoms with Gasteiger partial charge in [0.15, 0.2) is 0 Å². The fraction of sp³-hybridized carbons (Fsp3) is 0.133. The topological polar surface area (TPSA) is 17.8 Å². The Kier molecular flexibility index (Phi) is 3.95. The highest BCUT2D eigenvalue weighted by Gasteiger charge is 2.15. The van der Waals surface area contributed by atoms with Crippen molar-refractivity contribution >= 4 is 50.2 Å². The maximum Gasteiger partial charge on any atom is 0.144 e. The lowest BCUT2D eigenvalue weighted by Crippen LogP contribution is -2.01. The van der Waals surface area contributed by atoms with Crippen molar-refractivity contribution in [3.8, 4) is 5.69 Å². The Labute approximate surface area is 139 Å². The number of halogens is 4. The Morgan fingerprint density at radius 3 is 2.71 bits per heavy atom. The maximum atomic E-state index is 13.6. The Morgan fingerprint density at radius 2 is 2.05 bits per heavy atom. The lowest BCUT2D eigenvalue weighted by Gasteiger charge is -2.11. The molecule has 6 heteroatoms. The van der Waals surface area contributed by atoms with Gasteiger partial charge in [0.2, 0.25) is 0 Å². The number of aryl methyl sites for hydroxylation is 1. The minimum atomic E-state index is -0.484. The summed E-state index contributed by atoms with van der Waals surface area (Å²) in [6, 6.07) is 8.82. The van der Waals surface area contributed by atoms with Gasteiger partial charge >= 0.3 is 0 Å². The summed E-state index contributed by atoms with van der Waals surface area (Å²) in [4.78, 5) is 4.39. The van der Waals surface area contributed by atoms with Gasteiger partial charge in [0.05, 0.1) is 27.6 Å². The van der Waals surface area contributed by atoms with E-state index in [0.717, 1.165) is 21.2 Å². The standard InChI is InChI=1S/C15H10BrCl2FN2/c1-8-4-9(16)2-3-13(8)21-14-5-10(18)11(19)6-12(14)20-15(21)7-17/h2-6H,7H2,1H3. The highest BCUT2D eigenvalue weighted by Crippen LogP contribution is 2.29. The van der Waals surface area contributed by atoms with Crippen molar-refractivity contribution in [2.75, 3.05) is 0 Å². The third-order valence-corrected chi connectivity index (χ3v) is 4.31. The van der Waals surface area contributed by atoms with Crippen molar-refractivity contribution in [3.05, 3.63) is 57.0 Å². The number of aromatic nitrogens is 2. The molecule has 0 spiro atoms. The van der Waals surface area contributed by atoms with Crippen LogP contribution >= 0.6 is 39.1 Å². The molecule has 0 unspecified atom stereocenters. The molecule has 3 aromatic rings. The molecule has 0 bridgehead atoms. The maximum absolute atomic E-state index is 13.6. The van der Waals surface area contributed by atoms with Gasteiger partial charge in [-0.1, -0.05) is 27.5 Å². The highest BCUT2D eigenvalue weighted by atomic mass is 79.9. The first kappa shape index (κ1) is 14.8. The molecule has 21 heavy (non-hydrogen) atoms. The first-order valence-corrected chi connectivity index (χ1v) is 7.90. The Hall–Kier alpha value is -1.10. The number of imidazole rings is 1. The van der Waals surface area contributed by atoms with Crippen LogP contribution in [0.15, 0.2) is 34.8 Å². The number of hydrogen-bond donors (Lipinski definition) is 0. The third kappa shape index (κ3) is 2.56. The van der Waals surface area contributed by atoms with E-state index in [1.165, 1.54) is 6.07 Å². The predicted molar refractivity (Wildman–Crippen MR) is 88.0 cm³/mol. The van der Waals surface area contributed by atoms with Crippen LogP contribution in [0.4, 0.5) is 4.39 Å². The highest BCUT2D eigenvalue weighted by molar-refractivity contribution is 9.10. The van der Waals surface area contributed by atoms with E-state index >= 15 is 0 Å². The summed E-state index contributed by atoms with van der Waals surface area (Å²) in [6.45, 7) is 2.00. The molecule has 0 aliphatic rings. The van der Waals surface area contributed by atoms with Crippen LogP contribution in [0.1, 0.15) is 11.4 Å². The fourth-order valence-corrected chi connectivity index (χ4v) is 3.16. The van der Waals surface area contributed by atoms with Gasteiger partial charge in [0.1, 0.15) is 11.6 Å². The van der Waals surface area contributed by atoms with Gasteiger partial charge in [0, 0.05) is 10.5 Å². The number of rotatable bonds is 2. The van der Waals surface area contributed by atoms with Gasteiger partial charge in [-0.15, -0.1) is 11.6 Å². The molecule has 0 amide bonds. The second-order valence-corrected chi connectivity index (χ2v) is 6.27. The summed E-state index contributed by atoms with van der Waals surface area (Å²) in [5.74, 6) is 0.393. The van der Waals surface area contributed by atoms with Crippen LogP contribution in [0.3, 0.4) is 0 Å². The van der Waals surface area contributed by atoms with Gasteiger partial charge in [0.25, 0.3) is 0 Å². The molecule has 1 heterocycles. The molecule has 108 valence electrons. The minimum Gasteiger partial charge on any atom is -0.295 e. The molecule has 0 atom stereocenters. The first-order chi connectivity index (χ1) is 10.0. The quantitative estimate of drug-likeness (QED) is 0.521. The molecule has 0 fully saturated rings. The number of alkyl halides is 1. The third-order valence-electron chi connectivity index (χ3n) is 3.29. The van der Waals surface area contributed by atoms with Crippen molar-refractivity contribution in [1.82, 2.24) is 9.55 Å². The van der Waals surface area contributed by atoms with Crippen LogP contribution in [0.25, 0.3) is 16.7 Å². The zero-order valence-corrected chi connectivity index (χ0v) is 14.1. The molecule has 0 saturated carbocycles. The minimum absolute atomic E-state index is 0.0690. The first-order valence-electron chi connectivity index (χ1n) is 6.20. The fourth-order valence-electron chi connectivity index (χ4n) is 2.35. The van der Waals surface area contributed by atoms with E-state index in [0.29, 0.717) is 11.3 Å². The average molecular weight is 388 g/mol. The molecule has 0 saturated heterocycles. The molecule has 2 nitrogen and oxygen atoms in total. The monoisotopic (exact) mass is 386 g/mol. The summed E-state index contributed by atoms with van der Waals surface area (Å²) >= 11 is 15.3. The average Bonchev–Trinajstić information content (AvgIpc) is 2.77. The smallest absolute Gasteiger partial charge is 0.144 e. The Morgan fingerprint density at radius 1 is 1.29 bits per heavy atom. The largest absolute Gasteiger partial charge is 0.295 e. The molecule has 3 rings (SSSR count). The summed E-state index contributed by atoms with van der Waals surface area (Å²) in [5.41, 5.74) is 3.27. The van der Waals surface area contributed by atoms with E-state index in [2.05, 4.69) is 20.9 Å². The Bertz CT molecular complexity index is 845. The summed E-state index contributed by atoms with van der Waals surface area (Å²) in [6.07, 6.45) is 0. The summed E-state index contributed by atoms with van der Waals surface area (Å²) in [5, 5.41) is 0.0690. The summed E-state index contributed by atoms with van der Waals surface area (Å²) < 4.78 is 16.5. The van der Waals surface area contributed by atoms with Crippen molar-refractivity contribution in [2.24, 2.45) is 0 Å². The normalized spacial score (nSPS) is 11.3. The van der Waals surface area contributed by atoms with Crippen LogP contribution < -0.4 is 0 Å². The van der Waals surface area contributed by atoms with E-state index in [-0.39, 0.29) is 10.9 Å². The Balaban J connectivity index is 2.37. The van der Waals surface area contributed by atoms with E-state index < -0.39 is 5.82 Å². The van der Waals surface area contributed by atoms with E-state index in [1.807, 2.05) is 29.7 Å². The van der Waals surface area contributed by atoms with Crippen LogP contribution in [0, 0.1) is 12.7 Å². The molecule has 0 aliphatic carbocycles. The molecule has 0 N–H and O–H groups in total. The van der Waals surface area contributed by atoms with Crippen molar-refractivity contribution in [2.45, 2.75) is 12.8 Å². The number of fused-ring (bicyclic) bond motifs is 1. The van der Waals surface area contributed by atoms with Crippen LogP contribution in [-0.2, 0) is 5.88 Å². The molecular weight excluding hydrogens is 378 g/mol. The van der Waals surface area contributed by atoms with Gasteiger partial charge < -0.3 is 0 Å². The van der Waals surface area contributed by atoms with E-state index in [1.54, 1.807) is 6.07 Å². The molecular formula is C15H10BrCl2FN2. The van der Waals surface area contributed by atoms with Crippen LogP contribution in [-0.4, -0.2) is 9.55 Å². The lowest BCUT2D eigenvalue weighted by molar-refractivity contribution is 0.630. The van der Waals surface area contributed by atoms with Crippen molar-refractivity contribution in [1.29, 1.82) is 0 Å². The van der Waals surface area contributed by atoms with Crippen LogP contribution in [0.5, 0.6) is 0 Å². The zero-order chi connectivity index (χ0) is 15.1. The number of benzene rings is 2. The number of hydrogen-bond acceptors (Lipinski definition) is 1. The van der Waals surface area contributed by atoms with Crippen LogP contribution in [0.2, 0.25) is 5.02 Å². The second kappa shape index (κ2) is 5.59. The van der Waals surface area contributed by atoms with Gasteiger partial charge in [-0.25, -0.2) is 9.37 Å². The molecule has 0 aliphatic heterocycles. The number of nitrogens with zero attached hydrogens (tertiary/aromatic N) is 2. The molecule has 1 aromatic heterocycles. The van der Waals surface area contributed by atoms with Gasteiger partial charge in [-0.3, -0.25) is 4.57 Å².